The highest BCUT2D eigenvalue weighted by Gasteiger charge is 1.92. The van der Waals surface area contributed by atoms with Crippen molar-refractivity contribution in [3.63, 3.8) is 0 Å². The van der Waals surface area contributed by atoms with Gasteiger partial charge in [0.25, 0.3) is 0 Å². The first-order valence-corrected chi connectivity index (χ1v) is 4.15. The van der Waals surface area contributed by atoms with Crippen LogP contribution in [0.3, 0.4) is 0 Å². The minimum Gasteiger partial charge on any atom is -0.383 e. The third kappa shape index (κ3) is 3.25. The monoisotopic (exact) mass is 179 g/mol. The number of carbonyl (C=O) groups excluding carboxylic acids is 1. The van der Waals surface area contributed by atoms with Gasteiger partial charge >= 0.3 is 0 Å². The standard InChI is InChI=1S/C10H13NO2/c1-13-6-5-11-10-4-2-3-9(7-10)8-12/h2-4,7-8,11H,5-6H2,1H3. The van der Waals surface area contributed by atoms with E-state index in [0.29, 0.717) is 12.2 Å². The van der Waals surface area contributed by atoms with E-state index < -0.39 is 0 Å². The van der Waals surface area contributed by atoms with Gasteiger partial charge in [0.05, 0.1) is 6.61 Å². The molecular formula is C10H13NO2. The molecule has 0 heterocycles. The van der Waals surface area contributed by atoms with Gasteiger partial charge in [-0.15, -0.1) is 0 Å². The molecule has 0 aliphatic carbocycles. The van der Waals surface area contributed by atoms with E-state index in [9.17, 15) is 4.79 Å². The van der Waals surface area contributed by atoms with E-state index in [2.05, 4.69) is 5.32 Å². The number of hydrogen-bond donors (Lipinski definition) is 1. The van der Waals surface area contributed by atoms with Gasteiger partial charge in [-0.05, 0) is 12.1 Å². The molecule has 1 rings (SSSR count). The van der Waals surface area contributed by atoms with Crippen LogP contribution in [0.2, 0.25) is 0 Å². The van der Waals surface area contributed by atoms with E-state index in [1.165, 1.54) is 0 Å². The van der Waals surface area contributed by atoms with E-state index in [0.717, 1.165) is 18.5 Å². The fraction of sp³-hybridized carbons (Fsp3) is 0.300. The normalized spacial score (nSPS) is 9.62. The molecule has 0 aliphatic heterocycles. The third-order valence-electron chi connectivity index (χ3n) is 1.66. The number of hydrogen-bond acceptors (Lipinski definition) is 3. The van der Waals surface area contributed by atoms with Crippen molar-refractivity contribution in [1.82, 2.24) is 0 Å². The first-order chi connectivity index (χ1) is 6.36. The SMILES string of the molecule is COCCNc1cccc(C=O)c1. The van der Waals surface area contributed by atoms with Gasteiger partial charge < -0.3 is 10.1 Å². The molecule has 0 fully saturated rings. The van der Waals surface area contributed by atoms with Gasteiger partial charge in [-0.2, -0.15) is 0 Å². The fourth-order valence-electron chi connectivity index (χ4n) is 1.02. The lowest BCUT2D eigenvalue weighted by molar-refractivity contribution is 0.112. The van der Waals surface area contributed by atoms with Gasteiger partial charge in [-0.1, -0.05) is 12.1 Å². The average Bonchev–Trinajstić information content (AvgIpc) is 2.19. The van der Waals surface area contributed by atoms with Crippen molar-refractivity contribution in [2.24, 2.45) is 0 Å². The minimum absolute atomic E-state index is 0.658. The zero-order valence-corrected chi connectivity index (χ0v) is 7.62. The summed E-state index contributed by atoms with van der Waals surface area (Å²) >= 11 is 0. The molecule has 1 aromatic carbocycles. The predicted molar refractivity (Wildman–Crippen MR) is 52.2 cm³/mol. The number of carbonyl (C=O) groups is 1. The third-order valence-corrected chi connectivity index (χ3v) is 1.66. The quantitative estimate of drug-likeness (QED) is 0.550. The van der Waals surface area contributed by atoms with E-state index >= 15 is 0 Å². The molecule has 3 nitrogen and oxygen atoms in total. The molecule has 3 heteroatoms. The summed E-state index contributed by atoms with van der Waals surface area (Å²) in [6.07, 6.45) is 0.835. The summed E-state index contributed by atoms with van der Waals surface area (Å²) in [6.45, 7) is 1.41. The molecule has 0 aromatic heterocycles. The molecule has 0 unspecified atom stereocenters. The molecule has 70 valence electrons. The van der Waals surface area contributed by atoms with Crippen molar-refractivity contribution < 1.29 is 9.53 Å². The zero-order chi connectivity index (χ0) is 9.52. The van der Waals surface area contributed by atoms with Crippen LogP contribution in [-0.4, -0.2) is 26.5 Å². The van der Waals surface area contributed by atoms with Crippen molar-refractivity contribution in [1.29, 1.82) is 0 Å². The summed E-state index contributed by atoms with van der Waals surface area (Å²) in [5, 5.41) is 3.14. The Morgan fingerprint density at radius 3 is 3.08 bits per heavy atom. The first-order valence-electron chi connectivity index (χ1n) is 4.15. The van der Waals surface area contributed by atoms with Crippen LogP contribution in [0.15, 0.2) is 24.3 Å². The molecule has 0 aliphatic rings. The van der Waals surface area contributed by atoms with Gasteiger partial charge in [-0.25, -0.2) is 0 Å². The second kappa shape index (κ2) is 5.32. The summed E-state index contributed by atoms with van der Waals surface area (Å²) in [5.41, 5.74) is 1.63. The van der Waals surface area contributed by atoms with Crippen LogP contribution in [-0.2, 0) is 4.74 Å². The van der Waals surface area contributed by atoms with Crippen LogP contribution < -0.4 is 5.32 Å². The number of aldehydes is 1. The van der Waals surface area contributed by atoms with Crippen molar-refractivity contribution in [3.05, 3.63) is 29.8 Å². The molecule has 0 saturated carbocycles. The molecule has 0 amide bonds. The summed E-state index contributed by atoms with van der Waals surface area (Å²) in [6, 6.07) is 7.35. The van der Waals surface area contributed by atoms with Crippen molar-refractivity contribution >= 4 is 12.0 Å². The topological polar surface area (TPSA) is 38.3 Å². The highest BCUT2D eigenvalue weighted by Crippen LogP contribution is 2.08. The smallest absolute Gasteiger partial charge is 0.150 e. The Morgan fingerprint density at radius 2 is 2.38 bits per heavy atom. The Bertz CT molecular complexity index is 273. The number of ether oxygens (including phenoxy) is 1. The zero-order valence-electron chi connectivity index (χ0n) is 7.62. The maximum Gasteiger partial charge on any atom is 0.150 e. The average molecular weight is 179 g/mol. The number of anilines is 1. The Kier molecular flexibility index (Phi) is 3.99. The predicted octanol–water partition coefficient (Wildman–Crippen LogP) is 1.56. The van der Waals surface area contributed by atoms with Gasteiger partial charge in [-0.3, -0.25) is 4.79 Å². The molecule has 0 saturated heterocycles. The van der Waals surface area contributed by atoms with E-state index in [-0.39, 0.29) is 0 Å². The lowest BCUT2D eigenvalue weighted by atomic mass is 10.2. The highest BCUT2D eigenvalue weighted by molar-refractivity contribution is 5.76. The molecule has 13 heavy (non-hydrogen) atoms. The van der Waals surface area contributed by atoms with Crippen LogP contribution in [0, 0.1) is 0 Å². The van der Waals surface area contributed by atoms with Crippen LogP contribution >= 0.6 is 0 Å². The number of nitrogens with one attached hydrogen (secondary N) is 1. The van der Waals surface area contributed by atoms with E-state index in [1.54, 1.807) is 13.2 Å². The molecular weight excluding hydrogens is 166 g/mol. The molecule has 0 bridgehead atoms. The summed E-state index contributed by atoms with van der Waals surface area (Å²) in [5.74, 6) is 0. The lowest BCUT2D eigenvalue weighted by Gasteiger charge is -2.05. The molecule has 1 N–H and O–H groups in total. The molecule has 1 aromatic rings. The van der Waals surface area contributed by atoms with Gasteiger partial charge in [0.15, 0.2) is 0 Å². The maximum absolute atomic E-state index is 10.4. The maximum atomic E-state index is 10.4. The Hall–Kier alpha value is -1.35. The van der Waals surface area contributed by atoms with Crippen molar-refractivity contribution in [2.75, 3.05) is 25.6 Å². The summed E-state index contributed by atoms with van der Waals surface area (Å²) in [7, 11) is 1.66. The highest BCUT2D eigenvalue weighted by atomic mass is 16.5. The number of rotatable bonds is 5. The van der Waals surface area contributed by atoms with Gasteiger partial charge in [0, 0.05) is 24.9 Å². The lowest BCUT2D eigenvalue weighted by Crippen LogP contribution is -2.07. The van der Waals surface area contributed by atoms with Crippen LogP contribution in [0.1, 0.15) is 10.4 Å². The largest absolute Gasteiger partial charge is 0.383 e. The second-order valence-electron chi connectivity index (χ2n) is 2.66. The van der Waals surface area contributed by atoms with Gasteiger partial charge in [0.2, 0.25) is 0 Å². The van der Waals surface area contributed by atoms with Crippen LogP contribution in [0.4, 0.5) is 5.69 Å². The first kappa shape index (κ1) is 9.74. The summed E-state index contributed by atoms with van der Waals surface area (Å²) < 4.78 is 4.89. The van der Waals surface area contributed by atoms with E-state index in [1.807, 2.05) is 18.2 Å². The fourth-order valence-corrected chi connectivity index (χ4v) is 1.02. The van der Waals surface area contributed by atoms with Crippen molar-refractivity contribution in [3.8, 4) is 0 Å². The van der Waals surface area contributed by atoms with E-state index in [4.69, 9.17) is 4.74 Å². The van der Waals surface area contributed by atoms with Crippen molar-refractivity contribution in [2.45, 2.75) is 0 Å². The number of methoxy groups -OCH3 is 1. The second-order valence-corrected chi connectivity index (χ2v) is 2.66. The Balaban J connectivity index is 2.51. The van der Waals surface area contributed by atoms with Crippen LogP contribution in [0.25, 0.3) is 0 Å². The Labute approximate surface area is 77.7 Å². The van der Waals surface area contributed by atoms with Gasteiger partial charge in [0.1, 0.15) is 6.29 Å². The molecule has 0 atom stereocenters. The van der Waals surface area contributed by atoms with Crippen LogP contribution in [0.5, 0.6) is 0 Å². The molecule has 0 spiro atoms. The summed E-state index contributed by atoms with van der Waals surface area (Å²) in [4.78, 5) is 10.4. The number of benzene rings is 1. The molecule has 0 radical (unpaired) electrons. The Morgan fingerprint density at radius 1 is 1.54 bits per heavy atom. The minimum atomic E-state index is 0.658.